The molecule has 0 aromatic carbocycles. The van der Waals surface area contributed by atoms with Crippen LogP contribution < -0.4 is 5.32 Å². The number of nitrogens with zero attached hydrogens (tertiary/aromatic N) is 3. The van der Waals surface area contributed by atoms with Crippen molar-refractivity contribution in [2.24, 2.45) is 16.8 Å². The van der Waals surface area contributed by atoms with E-state index in [1.165, 1.54) is 19.5 Å². The second-order valence-corrected chi connectivity index (χ2v) is 6.83. The molecule has 0 spiro atoms. The molecule has 5 nitrogen and oxygen atoms in total. The lowest BCUT2D eigenvalue weighted by Gasteiger charge is -2.34. The number of rotatable bonds is 4. The maximum Gasteiger partial charge on any atom is 0.194 e. The molecule has 0 aromatic heterocycles. The molecule has 130 valence electrons. The summed E-state index contributed by atoms with van der Waals surface area (Å²) in [6, 6.07) is 0. The molecule has 22 heavy (non-hydrogen) atoms. The highest BCUT2D eigenvalue weighted by molar-refractivity contribution is 14.0. The molecule has 0 saturated carbocycles. The van der Waals surface area contributed by atoms with E-state index in [4.69, 9.17) is 4.99 Å². The highest BCUT2D eigenvalue weighted by Gasteiger charge is 2.23. The molecule has 2 unspecified atom stereocenters. The lowest BCUT2D eigenvalue weighted by molar-refractivity contribution is 0.145. The third-order valence-corrected chi connectivity index (χ3v) is 4.42. The zero-order valence-corrected chi connectivity index (χ0v) is 16.6. The van der Waals surface area contributed by atoms with Crippen LogP contribution in [0.15, 0.2) is 4.99 Å². The van der Waals surface area contributed by atoms with Gasteiger partial charge in [0.05, 0.1) is 12.6 Å². The lowest BCUT2D eigenvalue weighted by atomic mass is 9.92. The Morgan fingerprint density at radius 1 is 1.23 bits per heavy atom. The van der Waals surface area contributed by atoms with Crippen molar-refractivity contribution in [2.45, 2.75) is 39.7 Å². The average molecular weight is 424 g/mol. The maximum atomic E-state index is 9.67. The number of piperidine rings is 1. The minimum absolute atomic E-state index is 0. The van der Waals surface area contributed by atoms with E-state index in [0.29, 0.717) is 6.54 Å². The minimum atomic E-state index is -0.197. The van der Waals surface area contributed by atoms with E-state index < -0.39 is 0 Å². The normalized spacial score (nSPS) is 30.3. The van der Waals surface area contributed by atoms with E-state index in [1.54, 1.807) is 0 Å². The molecule has 3 atom stereocenters. The van der Waals surface area contributed by atoms with Crippen LogP contribution in [0.1, 0.15) is 33.6 Å². The first-order chi connectivity index (χ1) is 10.1. The first-order valence-corrected chi connectivity index (χ1v) is 8.52. The van der Waals surface area contributed by atoms with Crippen molar-refractivity contribution in [2.75, 3.05) is 45.8 Å². The van der Waals surface area contributed by atoms with E-state index in [0.717, 1.165) is 50.4 Å². The fraction of sp³-hybridized carbons (Fsp3) is 0.938. The number of likely N-dealkylation sites (tertiary alicyclic amines) is 2. The van der Waals surface area contributed by atoms with Gasteiger partial charge in [0.25, 0.3) is 0 Å². The van der Waals surface area contributed by atoms with Gasteiger partial charge in [0.1, 0.15) is 0 Å². The van der Waals surface area contributed by atoms with Gasteiger partial charge in [-0.15, -0.1) is 24.0 Å². The Balaban J connectivity index is 0.00000242. The van der Waals surface area contributed by atoms with Gasteiger partial charge in [-0.05, 0) is 31.6 Å². The molecule has 0 amide bonds. The summed E-state index contributed by atoms with van der Waals surface area (Å²) < 4.78 is 0. The quantitative estimate of drug-likeness (QED) is 0.409. The van der Waals surface area contributed by atoms with Crippen molar-refractivity contribution >= 4 is 29.9 Å². The van der Waals surface area contributed by atoms with Crippen LogP contribution in [-0.2, 0) is 0 Å². The third-order valence-electron chi connectivity index (χ3n) is 4.42. The fourth-order valence-corrected chi connectivity index (χ4v) is 3.63. The zero-order chi connectivity index (χ0) is 15.2. The molecule has 2 aliphatic rings. The van der Waals surface area contributed by atoms with Crippen molar-refractivity contribution < 1.29 is 5.11 Å². The summed E-state index contributed by atoms with van der Waals surface area (Å²) in [6.07, 6.45) is 2.01. The number of aliphatic hydroxyl groups excluding tert-OH is 1. The Morgan fingerprint density at radius 2 is 1.91 bits per heavy atom. The highest BCUT2D eigenvalue weighted by atomic mass is 127. The molecule has 2 rings (SSSR count). The molecule has 6 heteroatoms. The second-order valence-electron chi connectivity index (χ2n) is 6.83. The van der Waals surface area contributed by atoms with Crippen LogP contribution in [-0.4, -0.2) is 72.8 Å². The third kappa shape index (κ3) is 6.20. The van der Waals surface area contributed by atoms with Crippen molar-refractivity contribution in [3.05, 3.63) is 0 Å². The Labute approximate surface area is 152 Å². The molecule has 2 saturated heterocycles. The van der Waals surface area contributed by atoms with Crippen LogP contribution in [0, 0.1) is 11.8 Å². The molecule has 0 aromatic rings. The topological polar surface area (TPSA) is 51.1 Å². The van der Waals surface area contributed by atoms with Gasteiger partial charge in [-0.25, -0.2) is 0 Å². The second kappa shape index (κ2) is 9.93. The summed E-state index contributed by atoms with van der Waals surface area (Å²) in [6.45, 7) is 13.6. The Bertz CT molecular complexity index is 343. The molecule has 2 heterocycles. The van der Waals surface area contributed by atoms with Crippen LogP contribution >= 0.6 is 24.0 Å². The number of nitrogens with one attached hydrogen (secondary N) is 1. The molecule has 2 fully saturated rings. The molecular formula is C16H33IN4O. The summed E-state index contributed by atoms with van der Waals surface area (Å²) >= 11 is 0. The summed E-state index contributed by atoms with van der Waals surface area (Å²) in [5.74, 6) is 2.58. The molecule has 2 aliphatic heterocycles. The Kier molecular flexibility index (Phi) is 9.01. The van der Waals surface area contributed by atoms with Crippen molar-refractivity contribution in [3.63, 3.8) is 0 Å². The predicted molar refractivity (Wildman–Crippen MR) is 103 cm³/mol. The SMILES string of the molecule is CCNC(=NCCN1CC(C)CC(C)C1)N1CC[C@@H](O)C1.I. The average Bonchev–Trinajstić information content (AvgIpc) is 2.83. The monoisotopic (exact) mass is 424 g/mol. The summed E-state index contributed by atoms with van der Waals surface area (Å²) in [5, 5.41) is 13.0. The predicted octanol–water partition coefficient (Wildman–Crippen LogP) is 1.61. The van der Waals surface area contributed by atoms with E-state index in [9.17, 15) is 5.11 Å². The number of hydrogen-bond acceptors (Lipinski definition) is 3. The van der Waals surface area contributed by atoms with Crippen LogP contribution in [0.3, 0.4) is 0 Å². The molecule has 2 N–H and O–H groups in total. The van der Waals surface area contributed by atoms with E-state index >= 15 is 0 Å². The standard InChI is InChI=1S/C16H32N4O.HI/c1-4-17-16(20-7-5-15(21)12-20)18-6-8-19-10-13(2)9-14(3)11-19;/h13-15,21H,4-12H2,1-3H3,(H,17,18);1H/t13?,14?,15-;/m1./s1. The van der Waals surface area contributed by atoms with Crippen LogP contribution in [0.5, 0.6) is 0 Å². The molecule has 0 bridgehead atoms. The first kappa shape index (κ1) is 20.0. The maximum absolute atomic E-state index is 9.67. The molecular weight excluding hydrogens is 391 g/mol. The summed E-state index contributed by atoms with van der Waals surface area (Å²) in [7, 11) is 0. The van der Waals surface area contributed by atoms with Gasteiger partial charge in [-0.2, -0.15) is 0 Å². The van der Waals surface area contributed by atoms with Crippen molar-refractivity contribution in [3.8, 4) is 0 Å². The fourth-order valence-electron chi connectivity index (χ4n) is 3.63. The largest absolute Gasteiger partial charge is 0.391 e. The highest BCUT2D eigenvalue weighted by Crippen LogP contribution is 2.20. The van der Waals surface area contributed by atoms with Crippen molar-refractivity contribution in [1.29, 1.82) is 0 Å². The van der Waals surface area contributed by atoms with Gasteiger partial charge in [0.2, 0.25) is 0 Å². The van der Waals surface area contributed by atoms with Gasteiger partial charge in [0, 0.05) is 39.3 Å². The summed E-state index contributed by atoms with van der Waals surface area (Å²) in [4.78, 5) is 9.48. The van der Waals surface area contributed by atoms with Gasteiger partial charge in [-0.1, -0.05) is 13.8 Å². The molecule has 0 radical (unpaired) electrons. The van der Waals surface area contributed by atoms with Crippen LogP contribution in [0.2, 0.25) is 0 Å². The van der Waals surface area contributed by atoms with Crippen LogP contribution in [0.4, 0.5) is 0 Å². The van der Waals surface area contributed by atoms with Gasteiger partial charge >= 0.3 is 0 Å². The van der Waals surface area contributed by atoms with E-state index in [2.05, 4.69) is 35.9 Å². The van der Waals surface area contributed by atoms with E-state index in [1.807, 2.05) is 0 Å². The van der Waals surface area contributed by atoms with E-state index in [-0.39, 0.29) is 30.1 Å². The molecule has 0 aliphatic carbocycles. The minimum Gasteiger partial charge on any atom is -0.391 e. The van der Waals surface area contributed by atoms with Crippen molar-refractivity contribution in [1.82, 2.24) is 15.1 Å². The number of halogens is 1. The number of guanidine groups is 1. The van der Waals surface area contributed by atoms with Gasteiger partial charge < -0.3 is 20.2 Å². The number of aliphatic imine (C=N–C) groups is 1. The first-order valence-electron chi connectivity index (χ1n) is 8.52. The number of hydrogen-bond donors (Lipinski definition) is 2. The lowest BCUT2D eigenvalue weighted by Crippen LogP contribution is -2.42. The number of β-amino-alcohol motifs (C(OH)–C–C–N with tert-alkyl or cyclic N) is 1. The van der Waals surface area contributed by atoms with Crippen LogP contribution in [0.25, 0.3) is 0 Å². The smallest absolute Gasteiger partial charge is 0.194 e. The Hall–Kier alpha value is -0.0800. The number of aliphatic hydroxyl groups is 1. The van der Waals surface area contributed by atoms with Gasteiger partial charge in [0.15, 0.2) is 5.96 Å². The summed E-state index contributed by atoms with van der Waals surface area (Å²) in [5.41, 5.74) is 0. The zero-order valence-electron chi connectivity index (χ0n) is 14.3. The van der Waals surface area contributed by atoms with Gasteiger partial charge in [-0.3, -0.25) is 4.99 Å². The Morgan fingerprint density at radius 3 is 2.45 bits per heavy atom.